The van der Waals surface area contributed by atoms with Gasteiger partial charge in [-0.05, 0) is 74.4 Å². The third kappa shape index (κ3) is 4.92. The molecule has 13 heteroatoms. The van der Waals surface area contributed by atoms with E-state index in [1.807, 2.05) is 13.0 Å². The highest BCUT2D eigenvalue weighted by Crippen LogP contribution is 2.51. The van der Waals surface area contributed by atoms with Crippen molar-refractivity contribution in [2.45, 2.75) is 50.0 Å². The average Bonchev–Trinajstić information content (AvgIpc) is 3.70. The Bertz CT molecular complexity index is 1790. The number of aromatic nitrogens is 5. The molecule has 3 heterocycles. The number of hydrogen-bond donors (Lipinski definition) is 0. The number of benzene rings is 1. The second-order valence-corrected chi connectivity index (χ2v) is 14.3. The van der Waals surface area contributed by atoms with Gasteiger partial charge in [0.05, 0.1) is 50.3 Å². The lowest BCUT2D eigenvalue weighted by Crippen LogP contribution is -2.51. The van der Waals surface area contributed by atoms with E-state index >= 15 is 0 Å². The molecule has 2 aliphatic carbocycles. The molecule has 220 valence electrons. The summed E-state index contributed by atoms with van der Waals surface area (Å²) in [5, 5.41) is 8.97. The minimum atomic E-state index is -3.34. The molecule has 0 N–H and O–H groups in total. The molecule has 2 aliphatic rings. The minimum Gasteiger partial charge on any atom is -0.290 e. The molecule has 1 unspecified atom stereocenters. The molecule has 1 fully saturated rings. The van der Waals surface area contributed by atoms with E-state index in [1.165, 1.54) is 44.9 Å². The average molecular weight is 615 g/mol. The van der Waals surface area contributed by atoms with Gasteiger partial charge in [-0.2, -0.15) is 10.2 Å². The van der Waals surface area contributed by atoms with Gasteiger partial charge in [-0.3, -0.25) is 9.48 Å². The van der Waals surface area contributed by atoms with Crippen molar-refractivity contribution in [1.29, 1.82) is 0 Å². The van der Waals surface area contributed by atoms with Crippen LogP contribution in [0.2, 0.25) is 0 Å². The van der Waals surface area contributed by atoms with E-state index in [2.05, 4.69) is 21.1 Å². The smallest absolute Gasteiger partial charge is 0.252 e. The molecule has 0 saturated heterocycles. The van der Waals surface area contributed by atoms with Gasteiger partial charge in [-0.25, -0.2) is 31.4 Å². The summed E-state index contributed by atoms with van der Waals surface area (Å²) in [7, 11) is -1.69. The first-order valence-electron chi connectivity index (χ1n) is 13.4. The molecule has 0 aliphatic heterocycles. The number of nitrogens with zero attached hydrogens (tertiary/aromatic N) is 6. The zero-order valence-electron chi connectivity index (χ0n) is 23.0. The minimum absolute atomic E-state index is 0.164. The van der Waals surface area contributed by atoms with Crippen molar-refractivity contribution in [3.05, 3.63) is 81.6 Å². The molecule has 0 bridgehead atoms. The second-order valence-electron chi connectivity index (χ2n) is 10.9. The maximum Gasteiger partial charge on any atom is 0.252 e. The fourth-order valence-electron chi connectivity index (χ4n) is 6.13. The van der Waals surface area contributed by atoms with Gasteiger partial charge in [0.2, 0.25) is 5.78 Å². The normalized spacial score (nSPS) is 21.6. The van der Waals surface area contributed by atoms with Gasteiger partial charge >= 0.3 is 0 Å². The number of halogens is 3. The van der Waals surface area contributed by atoms with Crippen molar-refractivity contribution in [3.8, 4) is 5.69 Å². The number of alkyl halides is 2. The lowest BCUT2D eigenvalue weighted by Gasteiger charge is -2.47. The topological polar surface area (TPSA) is 85.9 Å². The van der Waals surface area contributed by atoms with Crippen LogP contribution in [0.25, 0.3) is 11.8 Å². The fraction of sp³-hybridized carbons (Fsp3) is 0.345. The molecule has 1 aromatic carbocycles. The number of hydrogen-bond acceptors (Lipinski definition) is 6. The van der Waals surface area contributed by atoms with Crippen LogP contribution >= 0.6 is 11.3 Å². The molecule has 0 radical (unpaired) electrons. The number of aryl methyl sites for hydroxylation is 2. The molecular formula is C29H29F3N6O2S2. The van der Waals surface area contributed by atoms with Gasteiger partial charge in [0.25, 0.3) is 6.43 Å². The first kappa shape index (κ1) is 28.6. The van der Waals surface area contributed by atoms with Crippen LogP contribution in [0.5, 0.6) is 0 Å². The SMILES string of the molecule is C=S(=O)(c1cnn(C)c1)N(CC(F)F)[C@H]1CCC2=Cc3c(cnn3-c3ccc(F)cc3)C[C@]2(C(=O)c2ncc(C)s2)C1. The summed E-state index contributed by atoms with van der Waals surface area (Å²) < 4.78 is 60.1. The Morgan fingerprint density at radius 3 is 2.64 bits per heavy atom. The van der Waals surface area contributed by atoms with Crippen molar-refractivity contribution in [2.75, 3.05) is 6.54 Å². The van der Waals surface area contributed by atoms with Crippen LogP contribution in [0.1, 0.15) is 45.2 Å². The van der Waals surface area contributed by atoms with Gasteiger partial charge in [-0.1, -0.05) is 5.57 Å². The number of carbonyl (C=O) groups is 1. The third-order valence-corrected chi connectivity index (χ3v) is 11.2. The van der Waals surface area contributed by atoms with E-state index in [9.17, 15) is 22.2 Å². The molecular weight excluding hydrogens is 585 g/mol. The second kappa shape index (κ2) is 10.6. The van der Waals surface area contributed by atoms with Crippen molar-refractivity contribution in [3.63, 3.8) is 0 Å². The maximum absolute atomic E-state index is 14.4. The highest BCUT2D eigenvalue weighted by Gasteiger charge is 2.51. The zero-order chi connectivity index (χ0) is 29.8. The number of thiazole rings is 1. The number of carbonyl (C=O) groups excluding carboxylic acids is 1. The van der Waals surface area contributed by atoms with Gasteiger partial charge in [-0.15, -0.1) is 11.3 Å². The zero-order valence-corrected chi connectivity index (χ0v) is 24.7. The number of allylic oxidation sites excluding steroid dienone is 1. The monoisotopic (exact) mass is 614 g/mol. The van der Waals surface area contributed by atoms with Gasteiger partial charge in [0.1, 0.15) is 5.82 Å². The van der Waals surface area contributed by atoms with Crippen molar-refractivity contribution < 1.29 is 22.2 Å². The predicted octanol–water partition coefficient (Wildman–Crippen LogP) is 5.13. The Morgan fingerprint density at radius 2 is 2.00 bits per heavy atom. The highest BCUT2D eigenvalue weighted by molar-refractivity contribution is 7.98. The van der Waals surface area contributed by atoms with E-state index < -0.39 is 34.1 Å². The number of Topliss-reactive ketones (excluding diaryl/α,β-unsaturated/α-hetero) is 1. The van der Waals surface area contributed by atoms with Crippen LogP contribution < -0.4 is 0 Å². The van der Waals surface area contributed by atoms with E-state index in [0.717, 1.165) is 21.7 Å². The summed E-state index contributed by atoms with van der Waals surface area (Å²) in [6, 6.07) is 5.36. The fourth-order valence-corrected chi connectivity index (χ4v) is 8.75. The summed E-state index contributed by atoms with van der Waals surface area (Å²) in [6.45, 7) is 1.11. The van der Waals surface area contributed by atoms with Crippen LogP contribution in [0.4, 0.5) is 13.2 Å². The first-order valence-corrected chi connectivity index (χ1v) is 15.9. The molecule has 0 amide bonds. The van der Waals surface area contributed by atoms with E-state index in [4.69, 9.17) is 0 Å². The Labute approximate surface area is 245 Å². The molecule has 8 nitrogen and oxygen atoms in total. The van der Waals surface area contributed by atoms with Crippen molar-refractivity contribution in [2.24, 2.45) is 12.5 Å². The molecule has 4 aromatic rings. The van der Waals surface area contributed by atoms with Crippen molar-refractivity contribution in [1.82, 2.24) is 28.9 Å². The molecule has 42 heavy (non-hydrogen) atoms. The summed E-state index contributed by atoms with van der Waals surface area (Å²) in [5.41, 5.74) is 2.01. The van der Waals surface area contributed by atoms with E-state index in [1.54, 1.807) is 36.3 Å². The van der Waals surface area contributed by atoms with Crippen LogP contribution in [0.15, 0.2) is 59.5 Å². The highest BCUT2D eigenvalue weighted by atomic mass is 32.2. The summed E-state index contributed by atoms with van der Waals surface area (Å²) >= 11 is 1.29. The third-order valence-electron chi connectivity index (χ3n) is 8.11. The molecule has 3 atom stereocenters. The Balaban J connectivity index is 1.44. The number of rotatable bonds is 8. The first-order chi connectivity index (χ1) is 20.0. The van der Waals surface area contributed by atoms with Crippen molar-refractivity contribution >= 4 is 38.8 Å². The lowest BCUT2D eigenvalue weighted by atomic mass is 9.61. The Morgan fingerprint density at radius 1 is 1.24 bits per heavy atom. The summed E-state index contributed by atoms with van der Waals surface area (Å²) in [4.78, 5) is 19.9. The quantitative estimate of drug-likeness (QED) is 0.203. The predicted molar refractivity (Wildman–Crippen MR) is 156 cm³/mol. The van der Waals surface area contributed by atoms with Gasteiger partial charge in [0, 0.05) is 30.4 Å². The Hall–Kier alpha value is -3.55. The van der Waals surface area contributed by atoms with Crippen LogP contribution in [-0.4, -0.2) is 63.7 Å². The van der Waals surface area contributed by atoms with Crippen LogP contribution in [-0.2, 0) is 23.2 Å². The molecule has 0 spiro atoms. The number of fused-ring (bicyclic) bond motifs is 2. The largest absolute Gasteiger partial charge is 0.290 e. The van der Waals surface area contributed by atoms with E-state index in [0.29, 0.717) is 23.5 Å². The molecule has 1 saturated carbocycles. The number of ketones is 1. The summed E-state index contributed by atoms with van der Waals surface area (Å²) in [6.07, 6.45) is 6.69. The maximum atomic E-state index is 14.4. The van der Waals surface area contributed by atoms with Gasteiger partial charge < -0.3 is 0 Å². The van der Waals surface area contributed by atoms with Crippen LogP contribution in [0.3, 0.4) is 0 Å². The molecule has 3 aromatic heterocycles. The standard InChI is InChI=1S/C29H29F3N6O2S2/c1-18-13-33-28(41-18)27(39)29-11-19-14-35-38(22-8-5-21(30)6-9-22)25(19)10-20(29)4-7-23(12-29)37(17-26(31)32)42(3,40)24-15-34-36(2)16-24/h5-6,8-10,13-16,23,26H,3-4,7,11-12,17H2,1-2H3/t23-,29-,42?/m0/s1. The van der Waals surface area contributed by atoms with Crippen LogP contribution in [0, 0.1) is 18.2 Å². The lowest BCUT2D eigenvalue weighted by molar-refractivity contribution is 0.0671. The Kier molecular flexibility index (Phi) is 7.22. The van der Waals surface area contributed by atoms with E-state index in [-0.39, 0.29) is 29.3 Å². The van der Waals surface area contributed by atoms with Gasteiger partial charge in [0.15, 0.2) is 5.01 Å². The summed E-state index contributed by atoms with van der Waals surface area (Å²) in [5.74, 6) is 3.36. The molecule has 6 rings (SSSR count).